The average molecular weight is 438 g/mol. The zero-order valence-electron chi connectivity index (χ0n) is 16.6. The van der Waals surface area contributed by atoms with Crippen molar-refractivity contribution in [3.05, 3.63) is 75.4 Å². The number of hydrogen-bond acceptors (Lipinski definition) is 4. The number of fused-ring (bicyclic) bond motifs is 1. The fourth-order valence-corrected chi connectivity index (χ4v) is 4.50. The van der Waals surface area contributed by atoms with E-state index in [1.165, 1.54) is 16.0 Å². The topological polar surface area (TPSA) is 87.7 Å². The van der Waals surface area contributed by atoms with Crippen LogP contribution in [0, 0.1) is 0 Å². The van der Waals surface area contributed by atoms with Gasteiger partial charge in [-0.1, -0.05) is 29.8 Å². The number of nitrogens with zero attached hydrogens (tertiary/aromatic N) is 1. The number of benzene rings is 2. The quantitative estimate of drug-likeness (QED) is 0.718. The molecular formula is C23H20ClN3O4. The number of rotatable bonds is 4. The van der Waals surface area contributed by atoms with Gasteiger partial charge < -0.3 is 15.4 Å². The Morgan fingerprint density at radius 1 is 1.13 bits per heavy atom. The molecule has 5 rings (SSSR count). The third-order valence-corrected chi connectivity index (χ3v) is 6.14. The van der Waals surface area contributed by atoms with E-state index < -0.39 is 18.0 Å². The second-order valence-electron chi connectivity index (χ2n) is 7.84. The number of hydrogen-bond donors (Lipinski definition) is 2. The number of carbonyl (C=O) groups excluding carboxylic acids is 3. The number of urea groups is 1. The van der Waals surface area contributed by atoms with E-state index in [2.05, 4.69) is 10.6 Å². The highest BCUT2D eigenvalue weighted by Crippen LogP contribution is 2.35. The van der Waals surface area contributed by atoms with Crippen LogP contribution in [0.25, 0.3) is 0 Å². The zero-order valence-corrected chi connectivity index (χ0v) is 17.4. The number of anilines is 1. The summed E-state index contributed by atoms with van der Waals surface area (Å²) in [5.74, 6) is -0.844. The maximum Gasteiger partial charge on any atom is 0.338 e. The summed E-state index contributed by atoms with van der Waals surface area (Å²) in [6, 6.07) is 11.7. The van der Waals surface area contributed by atoms with E-state index in [1.54, 1.807) is 24.3 Å². The Bertz CT molecular complexity index is 1130. The van der Waals surface area contributed by atoms with Crippen LogP contribution >= 0.6 is 11.6 Å². The van der Waals surface area contributed by atoms with Gasteiger partial charge in [-0.2, -0.15) is 0 Å². The smallest absolute Gasteiger partial charge is 0.338 e. The molecule has 0 aromatic heterocycles. The second kappa shape index (κ2) is 7.74. The number of ether oxygens (including phenoxy) is 1. The first kappa shape index (κ1) is 19.6. The molecular weight excluding hydrogens is 418 g/mol. The number of nitrogens with one attached hydrogen (secondary N) is 2. The highest BCUT2D eigenvalue weighted by molar-refractivity contribution is 6.30. The van der Waals surface area contributed by atoms with Crippen LogP contribution in [0.3, 0.4) is 0 Å². The Morgan fingerprint density at radius 3 is 2.71 bits per heavy atom. The Kier molecular flexibility index (Phi) is 4.90. The molecule has 0 fully saturated rings. The number of esters is 1. The Hall–Kier alpha value is -3.32. The monoisotopic (exact) mass is 437 g/mol. The molecule has 0 saturated heterocycles. The van der Waals surface area contributed by atoms with Gasteiger partial charge in [0.25, 0.3) is 0 Å². The maximum atomic E-state index is 12.8. The summed E-state index contributed by atoms with van der Waals surface area (Å²) in [7, 11) is 0. The minimum atomic E-state index is -0.647. The highest BCUT2D eigenvalue weighted by Gasteiger charge is 2.42. The van der Waals surface area contributed by atoms with Crippen LogP contribution < -0.4 is 10.6 Å². The van der Waals surface area contributed by atoms with E-state index in [0.717, 1.165) is 19.3 Å². The van der Waals surface area contributed by atoms with E-state index in [9.17, 15) is 14.4 Å². The largest absolute Gasteiger partial charge is 0.456 e. The van der Waals surface area contributed by atoms with Crippen molar-refractivity contribution in [1.29, 1.82) is 0 Å². The van der Waals surface area contributed by atoms with Crippen molar-refractivity contribution in [1.82, 2.24) is 10.2 Å². The van der Waals surface area contributed by atoms with Crippen LogP contribution in [0.1, 0.15) is 29.2 Å². The molecule has 0 radical (unpaired) electrons. The zero-order chi connectivity index (χ0) is 21.5. The van der Waals surface area contributed by atoms with Gasteiger partial charge in [-0.15, -0.1) is 0 Å². The van der Waals surface area contributed by atoms with Crippen LogP contribution in [-0.4, -0.2) is 36.0 Å². The standard InChI is InChI=1S/C23H20ClN3O4/c24-16-7-4-14(5-8-16)21-20-18(12-31-22(20)29)27(23(30)26-21)11-19(28)25-17-9-6-13-2-1-3-15(13)10-17/h4-10,21H,1-3,11-12H2,(H,25,28)(H,26,30)/t21-/m0/s1. The van der Waals surface area contributed by atoms with Gasteiger partial charge in [-0.05, 0) is 60.2 Å². The molecule has 3 aliphatic rings. The molecule has 0 unspecified atom stereocenters. The number of carbonyl (C=O) groups is 3. The highest BCUT2D eigenvalue weighted by atomic mass is 35.5. The summed E-state index contributed by atoms with van der Waals surface area (Å²) < 4.78 is 5.20. The van der Waals surface area contributed by atoms with Crippen LogP contribution in [0.5, 0.6) is 0 Å². The maximum absolute atomic E-state index is 12.8. The first-order chi connectivity index (χ1) is 15.0. The molecule has 2 aromatic rings. The third-order valence-electron chi connectivity index (χ3n) is 5.89. The van der Waals surface area contributed by atoms with Crippen molar-refractivity contribution in [2.45, 2.75) is 25.3 Å². The summed E-state index contributed by atoms with van der Waals surface area (Å²) in [5.41, 5.74) is 4.74. The molecule has 0 saturated carbocycles. The van der Waals surface area contributed by atoms with E-state index in [-0.39, 0.29) is 19.1 Å². The van der Waals surface area contributed by atoms with E-state index >= 15 is 0 Å². The third kappa shape index (κ3) is 3.65. The Labute approximate surface area is 184 Å². The molecule has 1 atom stereocenters. The van der Waals surface area contributed by atoms with Crippen LogP contribution in [-0.2, 0) is 27.2 Å². The molecule has 3 amide bonds. The Balaban J connectivity index is 1.37. The summed E-state index contributed by atoms with van der Waals surface area (Å²) >= 11 is 5.95. The van der Waals surface area contributed by atoms with Crippen molar-refractivity contribution in [3.63, 3.8) is 0 Å². The predicted molar refractivity (Wildman–Crippen MR) is 115 cm³/mol. The number of cyclic esters (lactones) is 1. The van der Waals surface area contributed by atoms with Crippen molar-refractivity contribution in [2.75, 3.05) is 18.5 Å². The predicted octanol–water partition coefficient (Wildman–Crippen LogP) is 3.34. The molecule has 2 heterocycles. The van der Waals surface area contributed by atoms with Gasteiger partial charge in [0.2, 0.25) is 5.91 Å². The molecule has 2 N–H and O–H groups in total. The molecule has 0 spiro atoms. The van der Waals surface area contributed by atoms with Gasteiger partial charge in [-0.3, -0.25) is 9.69 Å². The molecule has 2 aromatic carbocycles. The van der Waals surface area contributed by atoms with Crippen LogP contribution in [0.15, 0.2) is 53.7 Å². The molecule has 31 heavy (non-hydrogen) atoms. The van der Waals surface area contributed by atoms with Gasteiger partial charge in [0.05, 0.1) is 17.3 Å². The lowest BCUT2D eigenvalue weighted by Crippen LogP contribution is -2.49. The van der Waals surface area contributed by atoms with Crippen molar-refractivity contribution >= 4 is 35.2 Å². The molecule has 8 heteroatoms. The number of amides is 3. The molecule has 158 valence electrons. The molecule has 7 nitrogen and oxygen atoms in total. The lowest BCUT2D eigenvalue weighted by Gasteiger charge is -2.32. The minimum absolute atomic E-state index is 0.0438. The summed E-state index contributed by atoms with van der Waals surface area (Å²) in [6.45, 7) is -0.260. The molecule has 1 aliphatic carbocycles. The molecule has 0 bridgehead atoms. The van der Waals surface area contributed by atoms with Crippen molar-refractivity contribution in [3.8, 4) is 0 Å². The van der Waals surface area contributed by atoms with Crippen LogP contribution in [0.4, 0.5) is 10.5 Å². The van der Waals surface area contributed by atoms with Gasteiger partial charge in [0, 0.05) is 10.7 Å². The van der Waals surface area contributed by atoms with Gasteiger partial charge in [-0.25, -0.2) is 9.59 Å². The normalized spacial score (nSPS) is 19.6. The molecule has 2 aliphatic heterocycles. The fraction of sp³-hybridized carbons (Fsp3) is 0.261. The van der Waals surface area contributed by atoms with Crippen molar-refractivity contribution in [2.24, 2.45) is 0 Å². The van der Waals surface area contributed by atoms with Gasteiger partial charge in [0.15, 0.2) is 0 Å². The van der Waals surface area contributed by atoms with Gasteiger partial charge >= 0.3 is 12.0 Å². The van der Waals surface area contributed by atoms with E-state index in [1.807, 2.05) is 18.2 Å². The summed E-state index contributed by atoms with van der Waals surface area (Å²) in [6.07, 6.45) is 3.20. The first-order valence-corrected chi connectivity index (χ1v) is 10.5. The van der Waals surface area contributed by atoms with Gasteiger partial charge in [0.1, 0.15) is 13.2 Å². The lowest BCUT2D eigenvalue weighted by molar-refractivity contribution is -0.136. The second-order valence-corrected chi connectivity index (χ2v) is 8.28. The summed E-state index contributed by atoms with van der Waals surface area (Å²) in [5, 5.41) is 6.22. The minimum Gasteiger partial charge on any atom is -0.456 e. The fourth-order valence-electron chi connectivity index (χ4n) is 4.38. The average Bonchev–Trinajstić information content (AvgIpc) is 3.37. The first-order valence-electron chi connectivity index (χ1n) is 10.1. The number of halogens is 1. The van der Waals surface area contributed by atoms with Crippen molar-refractivity contribution < 1.29 is 19.1 Å². The van der Waals surface area contributed by atoms with Crippen LogP contribution in [0.2, 0.25) is 5.02 Å². The van der Waals surface area contributed by atoms with E-state index in [0.29, 0.717) is 27.5 Å². The summed E-state index contributed by atoms with van der Waals surface area (Å²) in [4.78, 5) is 39.2. The van der Waals surface area contributed by atoms with E-state index in [4.69, 9.17) is 16.3 Å². The number of aryl methyl sites for hydroxylation is 2. The lowest BCUT2D eigenvalue weighted by atomic mass is 9.96. The Morgan fingerprint density at radius 2 is 1.90 bits per heavy atom. The SMILES string of the molecule is O=C(CN1C(=O)N[C@@H](c2ccc(Cl)cc2)C2=C1COC2=O)Nc1ccc2c(c1)CCC2.